The maximum atomic E-state index is 4.27. The fraction of sp³-hybridized carbons (Fsp3) is 0.700. The minimum absolute atomic E-state index is 0.613. The van der Waals surface area contributed by atoms with Crippen LogP contribution in [-0.4, -0.2) is 22.9 Å². The van der Waals surface area contributed by atoms with E-state index in [1.165, 1.54) is 25.0 Å². The molecule has 1 aromatic heterocycles. The van der Waals surface area contributed by atoms with Crippen LogP contribution in [0.1, 0.15) is 30.9 Å². The molecule has 0 radical (unpaired) electrons. The monoisotopic (exact) mass is 257 g/mol. The zero-order chi connectivity index (χ0) is 10.1. The molecule has 1 heterocycles. The summed E-state index contributed by atoms with van der Waals surface area (Å²) in [6.07, 6.45) is 5.75. The Morgan fingerprint density at radius 2 is 2.36 bits per heavy atom. The van der Waals surface area contributed by atoms with Crippen LogP contribution in [0.2, 0.25) is 0 Å². The lowest BCUT2D eigenvalue weighted by Gasteiger charge is -2.19. The van der Waals surface area contributed by atoms with E-state index in [2.05, 4.69) is 26.3 Å². The molecule has 78 valence electrons. The lowest BCUT2D eigenvalue weighted by molar-refractivity contribution is 0.493. The quantitative estimate of drug-likeness (QED) is 0.879. The topological polar surface area (TPSA) is 29.9 Å². The number of rotatable bonds is 2. The third-order valence-corrected chi connectivity index (χ3v) is 3.79. The summed E-state index contributed by atoms with van der Waals surface area (Å²) in [5.41, 5.74) is 1.34. The molecule has 0 saturated heterocycles. The first kappa shape index (κ1) is 10.2. The largest absolute Gasteiger partial charge is 0.316 e. The summed E-state index contributed by atoms with van der Waals surface area (Å²) in [6.45, 7) is 0. The molecule has 3 nitrogen and oxygen atoms in total. The van der Waals surface area contributed by atoms with Crippen LogP contribution < -0.4 is 5.32 Å². The highest BCUT2D eigenvalue weighted by Crippen LogP contribution is 2.37. The molecule has 0 aromatic carbocycles. The first-order valence-electron chi connectivity index (χ1n) is 5.08. The molecule has 4 heteroatoms. The minimum Gasteiger partial charge on any atom is -0.316 e. The number of aryl methyl sites for hydroxylation is 1. The summed E-state index contributed by atoms with van der Waals surface area (Å²) in [5, 5.41) is 7.67. The van der Waals surface area contributed by atoms with Gasteiger partial charge in [-0.1, -0.05) is 6.42 Å². The number of hydrogen-bond donors (Lipinski definition) is 1. The standard InChI is InChI=1S/C10H16BrN3/c1-12-9-5-3-4-7(9)10-8(11)6-13-14(10)2/h6-7,9,12H,3-5H2,1-2H3. The van der Waals surface area contributed by atoms with Gasteiger partial charge in [-0.15, -0.1) is 0 Å². The van der Waals surface area contributed by atoms with E-state index < -0.39 is 0 Å². The van der Waals surface area contributed by atoms with Crippen LogP contribution in [0, 0.1) is 0 Å². The maximum absolute atomic E-state index is 4.27. The summed E-state index contributed by atoms with van der Waals surface area (Å²) in [6, 6.07) is 0.613. The van der Waals surface area contributed by atoms with Crippen molar-refractivity contribution in [2.45, 2.75) is 31.2 Å². The lowest BCUT2D eigenvalue weighted by atomic mass is 10.00. The van der Waals surface area contributed by atoms with E-state index in [1.807, 2.05) is 25.0 Å². The van der Waals surface area contributed by atoms with Crippen LogP contribution >= 0.6 is 15.9 Å². The smallest absolute Gasteiger partial charge is 0.0635 e. The van der Waals surface area contributed by atoms with Crippen LogP contribution in [0.3, 0.4) is 0 Å². The highest BCUT2D eigenvalue weighted by atomic mass is 79.9. The van der Waals surface area contributed by atoms with Crippen molar-refractivity contribution in [2.75, 3.05) is 7.05 Å². The van der Waals surface area contributed by atoms with Gasteiger partial charge in [0.05, 0.1) is 16.4 Å². The fourth-order valence-electron chi connectivity index (χ4n) is 2.47. The van der Waals surface area contributed by atoms with Gasteiger partial charge in [-0.25, -0.2) is 0 Å². The number of aromatic nitrogens is 2. The number of nitrogens with zero attached hydrogens (tertiary/aromatic N) is 2. The van der Waals surface area contributed by atoms with E-state index in [9.17, 15) is 0 Å². The molecule has 2 unspecified atom stereocenters. The predicted octanol–water partition coefficient (Wildman–Crippen LogP) is 2.04. The molecule has 0 spiro atoms. The third kappa shape index (κ3) is 1.61. The van der Waals surface area contributed by atoms with Gasteiger partial charge in [0.15, 0.2) is 0 Å². The van der Waals surface area contributed by atoms with Gasteiger partial charge in [0, 0.05) is 19.0 Å². The second-order valence-corrected chi connectivity index (χ2v) is 4.79. The molecule has 1 aliphatic carbocycles. The van der Waals surface area contributed by atoms with E-state index >= 15 is 0 Å². The summed E-state index contributed by atoms with van der Waals surface area (Å²) < 4.78 is 3.14. The van der Waals surface area contributed by atoms with Gasteiger partial charge >= 0.3 is 0 Å². The average Bonchev–Trinajstić information content (AvgIpc) is 2.73. The van der Waals surface area contributed by atoms with Gasteiger partial charge in [-0.2, -0.15) is 5.10 Å². The molecule has 1 N–H and O–H groups in total. The fourth-order valence-corrected chi connectivity index (χ4v) is 3.11. The van der Waals surface area contributed by atoms with Crippen molar-refractivity contribution in [3.05, 3.63) is 16.4 Å². The summed E-state index contributed by atoms with van der Waals surface area (Å²) in [7, 11) is 4.07. The first-order chi connectivity index (χ1) is 6.74. The van der Waals surface area contributed by atoms with Crippen LogP contribution in [0.25, 0.3) is 0 Å². The van der Waals surface area contributed by atoms with Gasteiger partial charge in [-0.3, -0.25) is 4.68 Å². The van der Waals surface area contributed by atoms with Crippen LogP contribution in [0.15, 0.2) is 10.7 Å². The van der Waals surface area contributed by atoms with Gasteiger partial charge in [0.25, 0.3) is 0 Å². The van der Waals surface area contributed by atoms with Gasteiger partial charge < -0.3 is 5.32 Å². The molecule has 0 amide bonds. The Morgan fingerprint density at radius 1 is 1.57 bits per heavy atom. The SMILES string of the molecule is CNC1CCCC1c1c(Br)cnn1C. The average molecular weight is 258 g/mol. The number of hydrogen-bond acceptors (Lipinski definition) is 2. The molecule has 0 aliphatic heterocycles. The van der Waals surface area contributed by atoms with Crippen LogP contribution in [-0.2, 0) is 7.05 Å². The maximum Gasteiger partial charge on any atom is 0.0635 e. The molecule has 2 atom stereocenters. The minimum atomic E-state index is 0.613. The predicted molar refractivity (Wildman–Crippen MR) is 60.3 cm³/mol. The van der Waals surface area contributed by atoms with E-state index in [-0.39, 0.29) is 0 Å². The number of nitrogens with one attached hydrogen (secondary N) is 1. The van der Waals surface area contributed by atoms with Crippen molar-refractivity contribution >= 4 is 15.9 Å². The highest BCUT2D eigenvalue weighted by Gasteiger charge is 2.30. The Labute approximate surface area is 93.0 Å². The Morgan fingerprint density at radius 3 is 2.93 bits per heavy atom. The zero-order valence-electron chi connectivity index (χ0n) is 8.63. The van der Waals surface area contributed by atoms with Crippen molar-refractivity contribution in [3.63, 3.8) is 0 Å². The number of likely N-dealkylation sites (N-methyl/N-ethyl adjacent to an activating group) is 1. The third-order valence-electron chi connectivity index (χ3n) is 3.18. The first-order valence-corrected chi connectivity index (χ1v) is 5.88. The highest BCUT2D eigenvalue weighted by molar-refractivity contribution is 9.10. The van der Waals surface area contributed by atoms with Gasteiger partial charge in [0.1, 0.15) is 0 Å². The van der Waals surface area contributed by atoms with E-state index in [4.69, 9.17) is 0 Å². The summed E-state index contributed by atoms with van der Waals surface area (Å²) in [4.78, 5) is 0. The molecule has 0 bridgehead atoms. The summed E-state index contributed by atoms with van der Waals surface area (Å²) in [5.74, 6) is 0.613. The normalized spacial score (nSPS) is 27.1. The molecule has 1 aliphatic rings. The molecular weight excluding hydrogens is 242 g/mol. The van der Waals surface area contributed by atoms with Crippen molar-refractivity contribution in [2.24, 2.45) is 7.05 Å². The molecular formula is C10H16BrN3. The Bertz CT molecular complexity index is 302. The number of halogens is 1. The van der Waals surface area contributed by atoms with E-state index in [1.54, 1.807) is 0 Å². The Hall–Kier alpha value is -0.350. The van der Waals surface area contributed by atoms with Crippen LogP contribution in [0.4, 0.5) is 0 Å². The van der Waals surface area contributed by atoms with Gasteiger partial charge in [-0.05, 0) is 35.8 Å². The Kier molecular flexibility index (Phi) is 2.93. The molecule has 2 rings (SSSR count). The zero-order valence-corrected chi connectivity index (χ0v) is 10.2. The van der Waals surface area contributed by atoms with Crippen LogP contribution in [0.5, 0.6) is 0 Å². The summed E-state index contributed by atoms with van der Waals surface area (Å²) >= 11 is 3.57. The van der Waals surface area contributed by atoms with Crippen molar-refractivity contribution in [1.29, 1.82) is 0 Å². The van der Waals surface area contributed by atoms with E-state index in [0.29, 0.717) is 12.0 Å². The molecule has 1 aromatic rings. The molecule has 1 saturated carbocycles. The molecule has 14 heavy (non-hydrogen) atoms. The van der Waals surface area contributed by atoms with E-state index in [0.717, 1.165) is 4.47 Å². The molecule has 1 fully saturated rings. The van der Waals surface area contributed by atoms with Crippen molar-refractivity contribution in [1.82, 2.24) is 15.1 Å². The second-order valence-electron chi connectivity index (χ2n) is 3.93. The lowest BCUT2D eigenvalue weighted by Crippen LogP contribution is -2.28. The Balaban J connectivity index is 2.29. The van der Waals surface area contributed by atoms with Gasteiger partial charge in [0.2, 0.25) is 0 Å². The second kappa shape index (κ2) is 4.03. The van der Waals surface area contributed by atoms with Crippen molar-refractivity contribution in [3.8, 4) is 0 Å². The van der Waals surface area contributed by atoms with Crippen molar-refractivity contribution < 1.29 is 0 Å².